The van der Waals surface area contributed by atoms with Crippen molar-refractivity contribution in [1.29, 1.82) is 0 Å². The van der Waals surface area contributed by atoms with Crippen LogP contribution >= 0.6 is 0 Å². The molecule has 82 valence electrons. The van der Waals surface area contributed by atoms with Gasteiger partial charge in [-0.25, -0.2) is 4.79 Å². The number of ether oxygens (including phenoxy) is 2. The average molecular weight is 200 g/mol. The number of rotatable bonds is 4. The molecule has 0 saturated carbocycles. The molecule has 0 aromatic rings. The van der Waals surface area contributed by atoms with Gasteiger partial charge in [-0.15, -0.1) is 0 Å². The van der Waals surface area contributed by atoms with Gasteiger partial charge in [-0.05, 0) is 27.2 Å². The smallest absolute Gasteiger partial charge is 0.335 e. The Morgan fingerprint density at radius 2 is 1.93 bits per heavy atom. The standard InChI is InChI=1S/C11H20O3/c1-7-9(14-11(3,4)5)8(2)10(12)13-6/h9H,2,7H2,1,3-6H3. The maximum atomic E-state index is 11.2. The number of esters is 1. The average Bonchev–Trinajstić information content (AvgIpc) is 2.10. The summed E-state index contributed by atoms with van der Waals surface area (Å²) in [7, 11) is 1.34. The molecule has 0 aliphatic heterocycles. The van der Waals surface area contributed by atoms with Gasteiger partial charge in [0, 0.05) is 0 Å². The van der Waals surface area contributed by atoms with Crippen molar-refractivity contribution >= 4 is 5.97 Å². The lowest BCUT2D eigenvalue weighted by atomic mass is 10.1. The second kappa shape index (κ2) is 5.15. The van der Waals surface area contributed by atoms with Crippen molar-refractivity contribution in [2.75, 3.05) is 7.11 Å². The van der Waals surface area contributed by atoms with Crippen LogP contribution in [0.15, 0.2) is 12.2 Å². The Bertz CT molecular complexity index is 213. The van der Waals surface area contributed by atoms with Crippen molar-refractivity contribution in [3.8, 4) is 0 Å². The maximum absolute atomic E-state index is 11.2. The lowest BCUT2D eigenvalue weighted by Gasteiger charge is -2.27. The minimum atomic E-state index is -0.402. The first-order valence-electron chi connectivity index (χ1n) is 4.76. The summed E-state index contributed by atoms with van der Waals surface area (Å²) in [6, 6.07) is 0. The Kier molecular flexibility index (Phi) is 4.85. The van der Waals surface area contributed by atoms with E-state index in [9.17, 15) is 4.79 Å². The van der Waals surface area contributed by atoms with Crippen molar-refractivity contribution in [1.82, 2.24) is 0 Å². The molecule has 0 bridgehead atoms. The van der Waals surface area contributed by atoms with Gasteiger partial charge in [0.2, 0.25) is 0 Å². The van der Waals surface area contributed by atoms with E-state index < -0.39 is 5.97 Å². The first-order valence-corrected chi connectivity index (χ1v) is 4.76. The van der Waals surface area contributed by atoms with Crippen molar-refractivity contribution in [2.24, 2.45) is 0 Å². The minimum absolute atomic E-state index is 0.262. The zero-order chi connectivity index (χ0) is 11.4. The summed E-state index contributed by atoms with van der Waals surface area (Å²) in [6.45, 7) is 11.5. The first-order chi connectivity index (χ1) is 6.31. The second-order valence-electron chi connectivity index (χ2n) is 4.14. The van der Waals surface area contributed by atoms with Crippen LogP contribution < -0.4 is 0 Å². The molecule has 0 rings (SSSR count). The van der Waals surface area contributed by atoms with E-state index in [1.54, 1.807) is 0 Å². The van der Waals surface area contributed by atoms with Crippen LogP contribution in [0.2, 0.25) is 0 Å². The molecule has 3 nitrogen and oxygen atoms in total. The third-order valence-corrected chi connectivity index (χ3v) is 1.70. The maximum Gasteiger partial charge on any atom is 0.335 e. The fourth-order valence-electron chi connectivity index (χ4n) is 1.09. The van der Waals surface area contributed by atoms with E-state index in [1.807, 2.05) is 27.7 Å². The van der Waals surface area contributed by atoms with Gasteiger partial charge in [-0.1, -0.05) is 13.5 Å². The van der Waals surface area contributed by atoms with E-state index >= 15 is 0 Å². The largest absolute Gasteiger partial charge is 0.466 e. The summed E-state index contributed by atoms with van der Waals surface area (Å²) in [4.78, 5) is 11.2. The highest BCUT2D eigenvalue weighted by Crippen LogP contribution is 2.18. The van der Waals surface area contributed by atoms with E-state index in [4.69, 9.17) is 4.74 Å². The summed E-state index contributed by atoms with van der Waals surface area (Å²) >= 11 is 0. The van der Waals surface area contributed by atoms with E-state index in [0.29, 0.717) is 12.0 Å². The summed E-state index contributed by atoms with van der Waals surface area (Å²) in [6.07, 6.45) is 0.452. The van der Waals surface area contributed by atoms with E-state index in [-0.39, 0.29) is 11.7 Å². The molecule has 0 fully saturated rings. The molecule has 0 amide bonds. The van der Waals surface area contributed by atoms with E-state index in [1.165, 1.54) is 7.11 Å². The molecular weight excluding hydrogens is 180 g/mol. The van der Waals surface area contributed by atoms with Gasteiger partial charge in [-0.3, -0.25) is 0 Å². The van der Waals surface area contributed by atoms with Crippen molar-refractivity contribution < 1.29 is 14.3 Å². The van der Waals surface area contributed by atoms with Gasteiger partial charge in [0.15, 0.2) is 0 Å². The summed E-state index contributed by atoms with van der Waals surface area (Å²) in [5.74, 6) is -0.402. The molecule has 1 atom stereocenters. The third kappa shape index (κ3) is 4.42. The van der Waals surface area contributed by atoms with Crippen LogP contribution in [0.5, 0.6) is 0 Å². The summed E-state index contributed by atoms with van der Waals surface area (Å²) in [5, 5.41) is 0. The highest BCUT2D eigenvalue weighted by molar-refractivity contribution is 5.88. The highest BCUT2D eigenvalue weighted by Gasteiger charge is 2.23. The third-order valence-electron chi connectivity index (χ3n) is 1.70. The molecule has 0 saturated heterocycles. The Morgan fingerprint density at radius 3 is 2.21 bits per heavy atom. The molecule has 0 aromatic carbocycles. The Morgan fingerprint density at radius 1 is 1.43 bits per heavy atom. The molecule has 1 unspecified atom stereocenters. The van der Waals surface area contributed by atoms with Gasteiger partial charge < -0.3 is 9.47 Å². The monoisotopic (exact) mass is 200 g/mol. The SMILES string of the molecule is C=C(C(=O)OC)C(CC)OC(C)(C)C. The van der Waals surface area contributed by atoms with Crippen LogP contribution in [0.25, 0.3) is 0 Å². The lowest BCUT2D eigenvalue weighted by Crippen LogP contribution is -2.30. The van der Waals surface area contributed by atoms with Crippen LogP contribution in [0, 0.1) is 0 Å². The van der Waals surface area contributed by atoms with Crippen LogP contribution in [0.1, 0.15) is 34.1 Å². The van der Waals surface area contributed by atoms with Crippen LogP contribution in [0.4, 0.5) is 0 Å². The Labute approximate surface area is 86.1 Å². The molecule has 0 spiro atoms. The van der Waals surface area contributed by atoms with Crippen molar-refractivity contribution in [2.45, 2.75) is 45.8 Å². The highest BCUT2D eigenvalue weighted by atomic mass is 16.5. The topological polar surface area (TPSA) is 35.5 Å². The molecule has 3 heteroatoms. The molecule has 0 aliphatic rings. The predicted octanol–water partition coefficient (Wildman–Crippen LogP) is 2.31. The molecule has 14 heavy (non-hydrogen) atoms. The van der Waals surface area contributed by atoms with Gasteiger partial charge in [-0.2, -0.15) is 0 Å². The fourth-order valence-corrected chi connectivity index (χ4v) is 1.09. The fraction of sp³-hybridized carbons (Fsp3) is 0.727. The normalized spacial score (nSPS) is 13.5. The number of carbonyl (C=O) groups excluding carboxylic acids is 1. The molecule has 0 aliphatic carbocycles. The molecular formula is C11H20O3. The molecule has 0 radical (unpaired) electrons. The number of hydrogen-bond acceptors (Lipinski definition) is 3. The Balaban J connectivity index is 4.42. The second-order valence-corrected chi connectivity index (χ2v) is 4.14. The zero-order valence-corrected chi connectivity index (χ0v) is 9.72. The van der Waals surface area contributed by atoms with Gasteiger partial charge in [0.1, 0.15) is 0 Å². The molecule has 0 heterocycles. The van der Waals surface area contributed by atoms with Crippen molar-refractivity contribution in [3.05, 3.63) is 12.2 Å². The van der Waals surface area contributed by atoms with E-state index in [2.05, 4.69) is 11.3 Å². The number of hydrogen-bond donors (Lipinski definition) is 0. The van der Waals surface area contributed by atoms with Gasteiger partial charge >= 0.3 is 5.97 Å². The van der Waals surface area contributed by atoms with Crippen LogP contribution in [-0.2, 0) is 14.3 Å². The summed E-state index contributed by atoms with van der Waals surface area (Å²) < 4.78 is 10.3. The number of methoxy groups -OCH3 is 1. The zero-order valence-electron chi connectivity index (χ0n) is 9.72. The van der Waals surface area contributed by atoms with Gasteiger partial charge in [0.25, 0.3) is 0 Å². The summed E-state index contributed by atoms with van der Waals surface area (Å²) in [5.41, 5.74) is 0.0994. The lowest BCUT2D eigenvalue weighted by molar-refractivity contribution is -0.139. The number of carbonyl (C=O) groups is 1. The molecule has 0 N–H and O–H groups in total. The predicted molar refractivity (Wildman–Crippen MR) is 56.1 cm³/mol. The van der Waals surface area contributed by atoms with Crippen LogP contribution in [0.3, 0.4) is 0 Å². The van der Waals surface area contributed by atoms with E-state index in [0.717, 1.165) is 0 Å². The first kappa shape index (κ1) is 13.2. The van der Waals surface area contributed by atoms with Crippen LogP contribution in [-0.4, -0.2) is 24.8 Å². The van der Waals surface area contributed by atoms with Gasteiger partial charge in [0.05, 0.1) is 24.4 Å². The quantitative estimate of drug-likeness (QED) is 0.516. The minimum Gasteiger partial charge on any atom is -0.466 e. The molecule has 0 aromatic heterocycles. The Hall–Kier alpha value is -0.830. The van der Waals surface area contributed by atoms with Crippen molar-refractivity contribution in [3.63, 3.8) is 0 Å².